The zero-order valence-electron chi connectivity index (χ0n) is 12.5. The van der Waals surface area contributed by atoms with Crippen LogP contribution in [0.1, 0.15) is 24.4 Å². The van der Waals surface area contributed by atoms with E-state index in [2.05, 4.69) is 9.97 Å². The third kappa shape index (κ3) is 2.50. The molecule has 0 spiro atoms. The quantitative estimate of drug-likeness (QED) is 0.783. The van der Waals surface area contributed by atoms with E-state index in [0.29, 0.717) is 17.0 Å². The molecule has 3 rings (SSSR count). The maximum atomic E-state index is 13.8. The summed E-state index contributed by atoms with van der Waals surface area (Å²) in [6, 6.07) is 3.87. The topological polar surface area (TPSA) is 73.8 Å². The highest BCUT2D eigenvalue weighted by molar-refractivity contribution is 6.35. The van der Waals surface area contributed by atoms with Crippen LogP contribution in [0, 0.1) is 12.7 Å². The van der Waals surface area contributed by atoms with Crippen molar-refractivity contribution in [2.45, 2.75) is 19.9 Å². The van der Waals surface area contributed by atoms with E-state index in [1.807, 2.05) is 6.92 Å². The van der Waals surface area contributed by atoms with Crippen molar-refractivity contribution < 1.29 is 4.39 Å². The molecule has 0 amide bonds. The van der Waals surface area contributed by atoms with Crippen LogP contribution in [0.15, 0.2) is 35.4 Å². The number of nitrogens with two attached hydrogens (primary N) is 1. The summed E-state index contributed by atoms with van der Waals surface area (Å²) in [6.45, 7) is 3.56. The molecule has 23 heavy (non-hydrogen) atoms. The fraction of sp³-hybridized carbons (Fsp3) is 0.188. The van der Waals surface area contributed by atoms with Gasteiger partial charge in [-0.05, 0) is 37.6 Å². The molecule has 0 radical (unpaired) electrons. The summed E-state index contributed by atoms with van der Waals surface area (Å²) in [5, 5.41) is -0.217. The van der Waals surface area contributed by atoms with E-state index in [1.54, 1.807) is 25.4 Å². The molecule has 0 saturated heterocycles. The number of halogens is 2. The van der Waals surface area contributed by atoms with Gasteiger partial charge in [0.2, 0.25) is 0 Å². The van der Waals surface area contributed by atoms with E-state index in [1.165, 1.54) is 16.7 Å². The molecule has 1 aromatic carbocycles. The molecule has 0 aliphatic carbocycles. The Balaban J connectivity index is 2.52. The first kappa shape index (κ1) is 15.6. The molecule has 2 N–H and O–H groups in total. The zero-order chi connectivity index (χ0) is 16.7. The summed E-state index contributed by atoms with van der Waals surface area (Å²) < 4.78 is 15.1. The first-order chi connectivity index (χ1) is 10.9. The number of aryl methyl sites for hydroxylation is 1. The molecular weight excluding hydrogens is 319 g/mol. The summed E-state index contributed by atoms with van der Waals surface area (Å²) >= 11 is 5.99. The molecule has 0 bridgehead atoms. The minimum Gasteiger partial charge on any atom is -0.322 e. The fourth-order valence-electron chi connectivity index (χ4n) is 2.45. The summed E-state index contributed by atoms with van der Waals surface area (Å²) in [7, 11) is 0. The maximum absolute atomic E-state index is 13.8. The van der Waals surface area contributed by atoms with E-state index in [4.69, 9.17) is 17.3 Å². The van der Waals surface area contributed by atoms with E-state index in [-0.39, 0.29) is 10.4 Å². The van der Waals surface area contributed by atoms with Gasteiger partial charge in [0.05, 0.1) is 33.9 Å². The Hall–Kier alpha value is -2.31. The Bertz CT molecular complexity index is 968. The first-order valence-electron chi connectivity index (χ1n) is 6.99. The first-order valence-corrected chi connectivity index (χ1v) is 7.37. The minimum absolute atomic E-state index is 0.0271. The van der Waals surface area contributed by atoms with Gasteiger partial charge < -0.3 is 5.73 Å². The molecule has 2 heterocycles. The van der Waals surface area contributed by atoms with Gasteiger partial charge in [-0.3, -0.25) is 14.3 Å². The number of hydrogen-bond donors (Lipinski definition) is 1. The molecular formula is C16H14ClFN4O. The minimum atomic E-state index is -0.666. The summed E-state index contributed by atoms with van der Waals surface area (Å²) in [4.78, 5) is 21.4. The van der Waals surface area contributed by atoms with Crippen molar-refractivity contribution in [2.24, 2.45) is 5.73 Å². The van der Waals surface area contributed by atoms with Gasteiger partial charge in [0.1, 0.15) is 11.6 Å². The zero-order valence-corrected chi connectivity index (χ0v) is 13.3. The predicted molar refractivity (Wildman–Crippen MR) is 87.4 cm³/mol. The van der Waals surface area contributed by atoms with E-state index >= 15 is 0 Å². The number of fused-ring (bicyclic) bond motifs is 1. The Kier molecular flexibility index (Phi) is 3.87. The summed E-state index contributed by atoms with van der Waals surface area (Å²) in [5.74, 6) is -0.303. The van der Waals surface area contributed by atoms with Crippen molar-refractivity contribution >= 4 is 22.5 Å². The lowest BCUT2D eigenvalue weighted by Crippen LogP contribution is -2.28. The van der Waals surface area contributed by atoms with Crippen LogP contribution in [0.2, 0.25) is 5.02 Å². The van der Waals surface area contributed by atoms with Gasteiger partial charge in [-0.1, -0.05) is 11.6 Å². The smallest absolute Gasteiger partial charge is 0.267 e. The molecule has 3 aromatic rings. The number of benzene rings is 1. The lowest BCUT2D eigenvalue weighted by molar-refractivity contribution is 0.629. The van der Waals surface area contributed by atoms with Gasteiger partial charge >= 0.3 is 0 Å². The van der Waals surface area contributed by atoms with Crippen molar-refractivity contribution in [3.63, 3.8) is 0 Å². The van der Waals surface area contributed by atoms with Gasteiger partial charge in [0.25, 0.3) is 5.56 Å². The second-order valence-electron chi connectivity index (χ2n) is 5.32. The number of hydrogen-bond acceptors (Lipinski definition) is 4. The number of rotatable bonds is 2. The highest BCUT2D eigenvalue weighted by Gasteiger charge is 2.19. The summed E-state index contributed by atoms with van der Waals surface area (Å²) in [5.41, 5.74) is 7.18. The third-order valence-corrected chi connectivity index (χ3v) is 3.98. The van der Waals surface area contributed by atoms with Crippen molar-refractivity contribution in [3.05, 3.63) is 63.2 Å². The largest absolute Gasteiger partial charge is 0.322 e. The van der Waals surface area contributed by atoms with Crippen molar-refractivity contribution in [3.8, 4) is 5.69 Å². The predicted octanol–water partition coefficient (Wildman–Crippen LogP) is 2.90. The standard InChI is InChI=1S/C16H14ClFN4O/c1-8-5-6-20-7-12(8)22-15(9(2)19)21-11-4-3-10(18)14(17)13(11)16(22)23/h3-7,9H,19H2,1-2H3. The van der Waals surface area contributed by atoms with Crippen LogP contribution < -0.4 is 11.3 Å². The third-order valence-electron chi connectivity index (χ3n) is 3.61. The molecule has 118 valence electrons. The van der Waals surface area contributed by atoms with Crippen LogP contribution in [-0.2, 0) is 0 Å². The molecule has 1 unspecified atom stereocenters. The molecule has 1 atom stereocenters. The summed E-state index contributed by atoms with van der Waals surface area (Å²) in [6.07, 6.45) is 3.17. The highest BCUT2D eigenvalue weighted by Crippen LogP contribution is 2.25. The average Bonchev–Trinajstić information content (AvgIpc) is 2.51. The van der Waals surface area contributed by atoms with Gasteiger partial charge in [-0.25, -0.2) is 9.37 Å². The lowest BCUT2D eigenvalue weighted by atomic mass is 10.2. The van der Waals surface area contributed by atoms with Gasteiger partial charge in [0.15, 0.2) is 0 Å². The van der Waals surface area contributed by atoms with Crippen molar-refractivity contribution in [1.29, 1.82) is 0 Å². The van der Waals surface area contributed by atoms with Gasteiger partial charge in [0, 0.05) is 6.20 Å². The number of pyridine rings is 1. The molecule has 0 fully saturated rings. The van der Waals surface area contributed by atoms with Crippen LogP contribution in [-0.4, -0.2) is 14.5 Å². The Morgan fingerprint density at radius 3 is 2.74 bits per heavy atom. The average molecular weight is 333 g/mol. The Labute approximate surface area is 136 Å². The van der Waals surface area contributed by atoms with Crippen molar-refractivity contribution in [1.82, 2.24) is 14.5 Å². The van der Waals surface area contributed by atoms with Crippen molar-refractivity contribution in [2.75, 3.05) is 0 Å². The van der Waals surface area contributed by atoms with Crippen LogP contribution >= 0.6 is 11.6 Å². The molecule has 0 saturated carbocycles. The van der Waals surface area contributed by atoms with Crippen LogP contribution in [0.4, 0.5) is 4.39 Å². The Morgan fingerprint density at radius 1 is 1.35 bits per heavy atom. The normalized spacial score (nSPS) is 12.6. The highest BCUT2D eigenvalue weighted by atomic mass is 35.5. The van der Waals surface area contributed by atoms with Crippen LogP contribution in [0.3, 0.4) is 0 Å². The second kappa shape index (κ2) is 5.72. The SMILES string of the molecule is Cc1ccncc1-n1c(C(C)N)nc2ccc(F)c(Cl)c2c1=O. The molecule has 2 aromatic heterocycles. The molecule has 0 aliphatic heterocycles. The van der Waals surface area contributed by atoms with E-state index in [9.17, 15) is 9.18 Å². The second-order valence-corrected chi connectivity index (χ2v) is 5.69. The van der Waals surface area contributed by atoms with Gasteiger partial charge in [-0.2, -0.15) is 0 Å². The van der Waals surface area contributed by atoms with Crippen LogP contribution in [0.25, 0.3) is 16.6 Å². The number of aromatic nitrogens is 3. The monoisotopic (exact) mass is 332 g/mol. The molecule has 7 heteroatoms. The van der Waals surface area contributed by atoms with E-state index in [0.717, 1.165) is 5.56 Å². The molecule has 5 nitrogen and oxygen atoms in total. The fourth-order valence-corrected chi connectivity index (χ4v) is 2.69. The van der Waals surface area contributed by atoms with Gasteiger partial charge in [-0.15, -0.1) is 0 Å². The lowest BCUT2D eigenvalue weighted by Gasteiger charge is -2.17. The maximum Gasteiger partial charge on any atom is 0.267 e. The van der Waals surface area contributed by atoms with Crippen LogP contribution in [0.5, 0.6) is 0 Å². The molecule has 0 aliphatic rings. The Morgan fingerprint density at radius 2 is 2.09 bits per heavy atom. The number of nitrogens with zero attached hydrogens (tertiary/aromatic N) is 3. The van der Waals surface area contributed by atoms with E-state index < -0.39 is 17.4 Å².